The van der Waals surface area contributed by atoms with Gasteiger partial charge in [0.25, 0.3) is 5.69 Å². The molecule has 1 aliphatic rings. The van der Waals surface area contributed by atoms with Crippen molar-refractivity contribution in [3.05, 3.63) is 87.5 Å². The molecule has 10 nitrogen and oxygen atoms in total. The summed E-state index contributed by atoms with van der Waals surface area (Å²) in [5, 5.41) is 24.0. The standard InChI is InChI=1S/C25H33N2O8P/c1-6-13-33-16-12-26-18(4)22(25(28)29)23(20-10-9-11-21(17-20)27(30)31)24(19(26)5)36(32,34-14-7-2)35-15-8-3/h7-11,17,23H,2-3,6,12-16H2,1,4-5H3,(H,28,29)/p-1. The monoisotopic (exact) mass is 519 g/mol. The van der Waals surface area contributed by atoms with Gasteiger partial charge in [0.15, 0.2) is 0 Å². The van der Waals surface area contributed by atoms with Crippen LogP contribution in [-0.4, -0.2) is 48.8 Å². The Hall–Kier alpha value is -3.04. The molecule has 1 aliphatic heterocycles. The van der Waals surface area contributed by atoms with Crippen LogP contribution in [0, 0.1) is 10.1 Å². The predicted octanol–water partition coefficient (Wildman–Crippen LogP) is 4.27. The minimum absolute atomic E-state index is 0.0481. The summed E-state index contributed by atoms with van der Waals surface area (Å²) < 4.78 is 31.2. The van der Waals surface area contributed by atoms with E-state index in [2.05, 4.69) is 13.2 Å². The number of hydrogen-bond acceptors (Lipinski definition) is 9. The first kappa shape index (κ1) is 29.2. The van der Waals surface area contributed by atoms with Crippen molar-refractivity contribution in [2.24, 2.45) is 0 Å². The van der Waals surface area contributed by atoms with Crippen molar-refractivity contribution >= 4 is 19.3 Å². The Bertz CT molecular complexity index is 1100. The smallest absolute Gasteiger partial charge is 0.360 e. The number of nitro benzene ring substituents is 1. The maximum Gasteiger partial charge on any atom is 0.360 e. The molecule has 0 bridgehead atoms. The van der Waals surface area contributed by atoms with Crippen molar-refractivity contribution in [2.75, 3.05) is 33.0 Å². The highest BCUT2D eigenvalue weighted by Crippen LogP contribution is 2.65. The second-order valence-electron chi connectivity index (χ2n) is 7.97. The molecule has 0 fully saturated rings. The van der Waals surface area contributed by atoms with Crippen LogP contribution in [0.3, 0.4) is 0 Å². The number of carbonyl (C=O) groups is 1. The predicted molar refractivity (Wildman–Crippen MR) is 134 cm³/mol. The van der Waals surface area contributed by atoms with Crippen molar-refractivity contribution in [3.63, 3.8) is 0 Å². The highest BCUT2D eigenvalue weighted by atomic mass is 31.2. The molecule has 11 heteroatoms. The fraction of sp³-hybridized carbons (Fsp3) is 0.400. The van der Waals surface area contributed by atoms with Gasteiger partial charge < -0.3 is 28.6 Å². The highest BCUT2D eigenvalue weighted by molar-refractivity contribution is 7.58. The first-order chi connectivity index (χ1) is 17.1. The summed E-state index contributed by atoms with van der Waals surface area (Å²) in [5.74, 6) is -2.70. The van der Waals surface area contributed by atoms with Gasteiger partial charge in [0.1, 0.15) is 0 Å². The lowest BCUT2D eigenvalue weighted by molar-refractivity contribution is -0.384. The molecule has 1 aromatic carbocycles. The van der Waals surface area contributed by atoms with Gasteiger partial charge in [-0.05, 0) is 25.8 Å². The number of ether oxygens (including phenoxy) is 1. The number of carboxylic acid groups (broad SMARTS) is 1. The van der Waals surface area contributed by atoms with Crippen molar-refractivity contribution in [1.82, 2.24) is 4.90 Å². The van der Waals surface area contributed by atoms with E-state index < -0.39 is 24.4 Å². The van der Waals surface area contributed by atoms with E-state index in [-0.39, 0.29) is 48.5 Å². The van der Waals surface area contributed by atoms with Crippen LogP contribution in [0.2, 0.25) is 0 Å². The van der Waals surface area contributed by atoms with Crippen LogP contribution in [0.15, 0.2) is 71.9 Å². The molecule has 0 spiro atoms. The maximum atomic E-state index is 14.3. The van der Waals surface area contributed by atoms with Crippen molar-refractivity contribution in [1.29, 1.82) is 0 Å². The lowest BCUT2D eigenvalue weighted by Gasteiger charge is -2.41. The largest absolute Gasteiger partial charge is 0.545 e. The van der Waals surface area contributed by atoms with E-state index in [0.29, 0.717) is 18.0 Å². The third kappa shape index (κ3) is 6.59. The number of nitrogens with zero attached hydrogens (tertiary/aromatic N) is 2. The van der Waals surface area contributed by atoms with Gasteiger partial charge in [0.05, 0.1) is 36.0 Å². The molecule has 2 rings (SSSR count). The van der Waals surface area contributed by atoms with Gasteiger partial charge in [0, 0.05) is 48.2 Å². The molecular weight excluding hydrogens is 487 g/mol. The van der Waals surface area contributed by atoms with Crippen LogP contribution in [0.5, 0.6) is 0 Å². The number of rotatable bonds is 15. The van der Waals surface area contributed by atoms with Crippen molar-refractivity contribution < 1.29 is 33.2 Å². The van der Waals surface area contributed by atoms with Crippen LogP contribution in [0.4, 0.5) is 5.69 Å². The van der Waals surface area contributed by atoms with Crippen molar-refractivity contribution in [3.8, 4) is 0 Å². The van der Waals surface area contributed by atoms with Crippen molar-refractivity contribution in [2.45, 2.75) is 33.1 Å². The van der Waals surface area contributed by atoms with E-state index in [1.807, 2.05) is 6.92 Å². The van der Waals surface area contributed by atoms with E-state index >= 15 is 0 Å². The molecule has 36 heavy (non-hydrogen) atoms. The van der Waals surface area contributed by atoms with Crippen LogP contribution >= 0.6 is 7.60 Å². The third-order valence-corrected chi connectivity index (χ3v) is 7.74. The van der Waals surface area contributed by atoms with E-state index in [4.69, 9.17) is 13.8 Å². The Labute approximate surface area is 211 Å². The average Bonchev–Trinajstić information content (AvgIpc) is 2.85. The molecular formula is C25H32N2O8P-. The number of carbonyl (C=O) groups excluding carboxylic acids is 1. The molecule has 0 aromatic heterocycles. The first-order valence-corrected chi connectivity index (χ1v) is 13.0. The van der Waals surface area contributed by atoms with Gasteiger partial charge in [-0.15, -0.1) is 13.2 Å². The number of benzene rings is 1. The molecule has 0 aliphatic carbocycles. The van der Waals surface area contributed by atoms with E-state index in [9.17, 15) is 24.6 Å². The highest BCUT2D eigenvalue weighted by Gasteiger charge is 2.44. The number of non-ortho nitro benzene ring substituents is 1. The minimum atomic E-state index is -4.17. The summed E-state index contributed by atoms with van der Waals surface area (Å²) in [7, 11) is -4.17. The summed E-state index contributed by atoms with van der Waals surface area (Å²) in [6.07, 6.45) is 3.60. The summed E-state index contributed by atoms with van der Waals surface area (Å²) in [6.45, 7) is 13.2. The molecule has 1 unspecified atom stereocenters. The van der Waals surface area contributed by atoms with E-state index in [0.717, 1.165) is 6.42 Å². The zero-order valence-corrected chi connectivity index (χ0v) is 21.7. The van der Waals surface area contributed by atoms with Gasteiger partial charge in [-0.25, -0.2) is 0 Å². The Morgan fingerprint density at radius 2 is 1.81 bits per heavy atom. The van der Waals surface area contributed by atoms with Gasteiger partial charge >= 0.3 is 7.60 Å². The molecule has 0 radical (unpaired) electrons. The van der Waals surface area contributed by atoms with Gasteiger partial charge in [-0.2, -0.15) is 0 Å². The molecule has 1 heterocycles. The molecule has 0 N–H and O–H groups in total. The number of carboxylic acids is 1. The van der Waals surface area contributed by atoms with Crippen LogP contribution < -0.4 is 5.11 Å². The molecule has 1 atom stereocenters. The molecule has 0 saturated carbocycles. The Kier molecular flexibility index (Phi) is 10.8. The normalized spacial score (nSPS) is 16.3. The zero-order valence-electron chi connectivity index (χ0n) is 20.8. The summed E-state index contributed by atoms with van der Waals surface area (Å²) >= 11 is 0. The number of nitro groups is 1. The topological polar surface area (TPSA) is 131 Å². The number of hydrogen-bond donors (Lipinski definition) is 0. The Balaban J connectivity index is 2.83. The lowest BCUT2D eigenvalue weighted by Crippen LogP contribution is -2.38. The lowest BCUT2D eigenvalue weighted by atomic mass is 9.85. The van der Waals surface area contributed by atoms with Crippen LogP contribution in [0.25, 0.3) is 0 Å². The number of aliphatic carboxylic acids is 1. The molecule has 0 saturated heterocycles. The van der Waals surface area contributed by atoms with Gasteiger partial charge in [-0.3, -0.25) is 14.7 Å². The van der Waals surface area contributed by atoms with Crippen LogP contribution in [-0.2, 0) is 23.1 Å². The Morgan fingerprint density at radius 3 is 2.33 bits per heavy atom. The van der Waals surface area contributed by atoms with E-state index in [1.54, 1.807) is 18.7 Å². The molecule has 196 valence electrons. The first-order valence-electron chi connectivity index (χ1n) is 11.5. The van der Waals surface area contributed by atoms with E-state index in [1.165, 1.54) is 36.4 Å². The van der Waals surface area contributed by atoms with Gasteiger partial charge in [-0.1, -0.05) is 31.2 Å². The SMILES string of the molecule is C=CCOP(=O)(OCC=C)C1=C(C)N(CCOCCC)C(C)=C(C(=O)[O-])C1c1cccc([N+](=O)[O-])c1. The summed E-state index contributed by atoms with van der Waals surface area (Å²) in [4.78, 5) is 25.1. The minimum Gasteiger partial charge on any atom is -0.545 e. The Morgan fingerprint density at radius 1 is 1.17 bits per heavy atom. The number of allylic oxidation sites excluding steroid dienone is 3. The fourth-order valence-corrected chi connectivity index (χ4v) is 6.14. The quantitative estimate of drug-likeness (QED) is 0.110. The second kappa shape index (κ2) is 13.3. The summed E-state index contributed by atoms with van der Waals surface area (Å²) in [6, 6.07) is 5.51. The summed E-state index contributed by atoms with van der Waals surface area (Å²) in [5.41, 5.74) is 0.571. The molecule has 0 amide bonds. The molecule has 1 aromatic rings. The average molecular weight is 520 g/mol. The third-order valence-electron chi connectivity index (χ3n) is 5.59. The van der Waals surface area contributed by atoms with Crippen LogP contribution in [0.1, 0.15) is 38.7 Å². The zero-order chi connectivity index (χ0) is 26.9. The maximum absolute atomic E-state index is 14.3. The van der Waals surface area contributed by atoms with Gasteiger partial charge in [0.2, 0.25) is 0 Å². The second-order valence-corrected chi connectivity index (χ2v) is 9.97. The fourth-order valence-electron chi connectivity index (χ4n) is 4.07.